The maximum Gasteiger partial charge on any atom is 0.109 e. The predicted octanol–water partition coefficient (Wildman–Crippen LogP) is 3.85. The first kappa shape index (κ1) is 13.3. The molecule has 0 atom stereocenters. The second-order valence-electron chi connectivity index (χ2n) is 5.32. The van der Waals surface area contributed by atoms with Gasteiger partial charge >= 0.3 is 0 Å². The van der Waals surface area contributed by atoms with Crippen molar-refractivity contribution in [1.82, 2.24) is 4.90 Å². The van der Waals surface area contributed by atoms with Crippen LogP contribution in [0.4, 0.5) is 0 Å². The molecule has 1 fully saturated rings. The second kappa shape index (κ2) is 6.69. The standard InChI is InChI=1S/C18H21NO/c1-3-9-16(10-4-1)18(17-11-5-2-6-12-17)20-15-19-13-7-8-14-19/h1-6,9-12,18H,7-8,13-15H2. The number of nitrogens with zero attached hydrogens (tertiary/aromatic N) is 1. The first-order valence-electron chi connectivity index (χ1n) is 7.37. The Balaban J connectivity index is 1.76. The molecular weight excluding hydrogens is 246 g/mol. The first-order valence-corrected chi connectivity index (χ1v) is 7.37. The van der Waals surface area contributed by atoms with E-state index in [1.807, 2.05) is 12.1 Å². The van der Waals surface area contributed by atoms with E-state index >= 15 is 0 Å². The van der Waals surface area contributed by atoms with Crippen LogP contribution >= 0.6 is 0 Å². The molecule has 0 amide bonds. The summed E-state index contributed by atoms with van der Waals surface area (Å²) in [5.41, 5.74) is 2.44. The third kappa shape index (κ3) is 3.27. The third-order valence-electron chi connectivity index (χ3n) is 3.83. The Morgan fingerprint density at radius 3 is 1.80 bits per heavy atom. The Labute approximate surface area is 121 Å². The van der Waals surface area contributed by atoms with Crippen molar-refractivity contribution in [2.45, 2.75) is 18.9 Å². The summed E-state index contributed by atoms with van der Waals surface area (Å²) < 4.78 is 6.22. The lowest BCUT2D eigenvalue weighted by molar-refractivity contribution is 0.00385. The molecule has 2 aromatic rings. The summed E-state index contributed by atoms with van der Waals surface area (Å²) in [6.45, 7) is 3.04. The highest BCUT2D eigenvalue weighted by molar-refractivity contribution is 5.29. The van der Waals surface area contributed by atoms with Crippen molar-refractivity contribution in [1.29, 1.82) is 0 Å². The smallest absolute Gasteiger partial charge is 0.109 e. The fraction of sp³-hybridized carbons (Fsp3) is 0.333. The lowest BCUT2D eigenvalue weighted by Gasteiger charge is -2.23. The highest BCUT2D eigenvalue weighted by atomic mass is 16.5. The van der Waals surface area contributed by atoms with Crippen LogP contribution in [0.5, 0.6) is 0 Å². The molecule has 2 aromatic carbocycles. The van der Waals surface area contributed by atoms with Crippen LogP contribution in [0.3, 0.4) is 0 Å². The molecule has 0 radical (unpaired) electrons. The van der Waals surface area contributed by atoms with Crippen molar-refractivity contribution in [3.05, 3.63) is 71.8 Å². The van der Waals surface area contributed by atoms with Gasteiger partial charge in [-0.2, -0.15) is 0 Å². The van der Waals surface area contributed by atoms with Gasteiger partial charge in [-0.15, -0.1) is 0 Å². The third-order valence-corrected chi connectivity index (χ3v) is 3.83. The van der Waals surface area contributed by atoms with E-state index in [1.54, 1.807) is 0 Å². The Morgan fingerprint density at radius 2 is 1.30 bits per heavy atom. The normalized spacial score (nSPS) is 15.8. The molecular formula is C18H21NO. The summed E-state index contributed by atoms with van der Waals surface area (Å²) in [5, 5.41) is 0. The van der Waals surface area contributed by atoms with Crippen molar-refractivity contribution in [2.24, 2.45) is 0 Å². The van der Waals surface area contributed by atoms with Crippen molar-refractivity contribution in [3.63, 3.8) is 0 Å². The van der Waals surface area contributed by atoms with E-state index in [4.69, 9.17) is 4.74 Å². The summed E-state index contributed by atoms with van der Waals surface area (Å²) in [6.07, 6.45) is 2.62. The van der Waals surface area contributed by atoms with E-state index in [0.717, 1.165) is 13.1 Å². The van der Waals surface area contributed by atoms with Crippen molar-refractivity contribution in [3.8, 4) is 0 Å². The van der Waals surface area contributed by atoms with Crippen LogP contribution in [-0.4, -0.2) is 24.7 Å². The molecule has 0 spiro atoms. The minimum atomic E-state index is 0.0259. The van der Waals surface area contributed by atoms with Crippen molar-refractivity contribution >= 4 is 0 Å². The molecule has 1 aliphatic heterocycles. The van der Waals surface area contributed by atoms with E-state index in [0.29, 0.717) is 6.73 Å². The number of hydrogen-bond acceptors (Lipinski definition) is 2. The van der Waals surface area contributed by atoms with Gasteiger partial charge in [0.2, 0.25) is 0 Å². The molecule has 0 N–H and O–H groups in total. The van der Waals surface area contributed by atoms with E-state index < -0.39 is 0 Å². The summed E-state index contributed by atoms with van der Waals surface area (Å²) in [7, 11) is 0. The Bertz CT molecular complexity index is 466. The zero-order chi connectivity index (χ0) is 13.6. The van der Waals surface area contributed by atoms with Crippen molar-refractivity contribution in [2.75, 3.05) is 19.8 Å². The minimum absolute atomic E-state index is 0.0259. The monoisotopic (exact) mass is 267 g/mol. The maximum atomic E-state index is 6.22. The van der Waals surface area contributed by atoms with Gasteiger partial charge in [-0.05, 0) is 24.0 Å². The summed E-state index contributed by atoms with van der Waals surface area (Å²) in [6, 6.07) is 21.0. The van der Waals surface area contributed by atoms with Gasteiger partial charge in [-0.25, -0.2) is 0 Å². The number of rotatable bonds is 5. The Hall–Kier alpha value is -1.64. The van der Waals surface area contributed by atoms with E-state index in [1.165, 1.54) is 24.0 Å². The molecule has 3 rings (SSSR count). The quantitative estimate of drug-likeness (QED) is 0.816. The largest absolute Gasteiger partial charge is 0.353 e. The van der Waals surface area contributed by atoms with E-state index in [-0.39, 0.29) is 6.10 Å². The first-order chi connectivity index (χ1) is 9.93. The summed E-state index contributed by atoms with van der Waals surface area (Å²) >= 11 is 0. The van der Waals surface area contributed by atoms with Gasteiger partial charge in [0, 0.05) is 13.1 Å². The van der Waals surface area contributed by atoms with Crippen LogP contribution in [0.1, 0.15) is 30.1 Å². The molecule has 20 heavy (non-hydrogen) atoms. The molecule has 104 valence electrons. The molecule has 0 saturated carbocycles. The van der Waals surface area contributed by atoms with E-state index in [9.17, 15) is 0 Å². The second-order valence-corrected chi connectivity index (χ2v) is 5.32. The predicted molar refractivity (Wildman–Crippen MR) is 81.5 cm³/mol. The zero-order valence-electron chi connectivity index (χ0n) is 11.7. The van der Waals surface area contributed by atoms with Gasteiger partial charge in [0.05, 0.1) is 0 Å². The molecule has 1 heterocycles. The van der Waals surface area contributed by atoms with Gasteiger partial charge in [0.25, 0.3) is 0 Å². The number of ether oxygens (including phenoxy) is 1. The highest BCUT2D eigenvalue weighted by Crippen LogP contribution is 2.26. The zero-order valence-corrected chi connectivity index (χ0v) is 11.7. The minimum Gasteiger partial charge on any atom is -0.353 e. The van der Waals surface area contributed by atoms with E-state index in [2.05, 4.69) is 53.4 Å². The van der Waals surface area contributed by atoms with Gasteiger partial charge in [0.1, 0.15) is 12.8 Å². The molecule has 0 aromatic heterocycles. The molecule has 2 nitrogen and oxygen atoms in total. The van der Waals surface area contributed by atoms with Crippen LogP contribution in [0.25, 0.3) is 0 Å². The number of hydrogen-bond donors (Lipinski definition) is 0. The van der Waals surface area contributed by atoms with Crippen LogP contribution in [0, 0.1) is 0 Å². The lowest BCUT2D eigenvalue weighted by atomic mass is 10.0. The van der Waals surface area contributed by atoms with Gasteiger partial charge in [-0.1, -0.05) is 60.7 Å². The fourth-order valence-electron chi connectivity index (χ4n) is 2.73. The van der Waals surface area contributed by atoms with Gasteiger partial charge in [0.15, 0.2) is 0 Å². The average molecular weight is 267 g/mol. The molecule has 1 saturated heterocycles. The number of benzene rings is 2. The summed E-state index contributed by atoms with van der Waals surface area (Å²) in [5.74, 6) is 0. The van der Waals surface area contributed by atoms with Gasteiger partial charge < -0.3 is 4.74 Å². The van der Waals surface area contributed by atoms with Crippen molar-refractivity contribution < 1.29 is 4.74 Å². The Morgan fingerprint density at radius 1 is 0.800 bits per heavy atom. The fourth-order valence-corrected chi connectivity index (χ4v) is 2.73. The van der Waals surface area contributed by atoms with Crippen LogP contribution in [-0.2, 0) is 4.74 Å². The number of likely N-dealkylation sites (tertiary alicyclic amines) is 1. The maximum absolute atomic E-state index is 6.22. The SMILES string of the molecule is c1ccc(C(OCN2CCCC2)c2ccccc2)cc1. The molecule has 2 heteroatoms. The van der Waals surface area contributed by atoms with Crippen LogP contribution < -0.4 is 0 Å². The molecule has 0 bridgehead atoms. The van der Waals surface area contributed by atoms with Gasteiger partial charge in [-0.3, -0.25) is 4.90 Å². The topological polar surface area (TPSA) is 12.5 Å². The van der Waals surface area contributed by atoms with Crippen LogP contribution in [0.2, 0.25) is 0 Å². The lowest BCUT2D eigenvalue weighted by Crippen LogP contribution is -2.24. The molecule has 1 aliphatic rings. The average Bonchev–Trinajstić information content (AvgIpc) is 3.03. The molecule has 0 unspecified atom stereocenters. The molecule has 0 aliphatic carbocycles. The Kier molecular flexibility index (Phi) is 4.46. The summed E-state index contributed by atoms with van der Waals surface area (Å²) in [4.78, 5) is 2.39. The van der Waals surface area contributed by atoms with Crippen LogP contribution in [0.15, 0.2) is 60.7 Å². The highest BCUT2D eigenvalue weighted by Gasteiger charge is 2.17.